The first-order valence-corrected chi connectivity index (χ1v) is 12.2. The van der Waals surface area contributed by atoms with Crippen molar-refractivity contribution in [1.82, 2.24) is 14.7 Å². The van der Waals surface area contributed by atoms with Crippen LogP contribution in [0.4, 0.5) is 0 Å². The SMILES string of the molecule is NCCCCCC[N+]1([Gd])CCN(CC(=O)O)CCN(CC(=O)O)CCN(CC(=O)O)CC1. The van der Waals surface area contributed by atoms with Crippen LogP contribution in [0.25, 0.3) is 0 Å². The third kappa shape index (κ3) is 13.9. The molecule has 1 saturated heterocycles. The van der Waals surface area contributed by atoms with E-state index in [0.717, 1.165) is 46.0 Å². The quantitative estimate of drug-likeness (QED) is 0.204. The molecular formula is C20H39GdN5O6+. The summed E-state index contributed by atoms with van der Waals surface area (Å²) in [4.78, 5) is 39.5. The van der Waals surface area contributed by atoms with E-state index < -0.39 is 17.9 Å². The molecule has 0 radical (unpaired) electrons. The molecule has 1 heterocycles. The molecule has 0 spiro atoms. The van der Waals surface area contributed by atoms with Crippen LogP contribution in [0, 0.1) is 38.3 Å². The molecule has 1 fully saturated rings. The van der Waals surface area contributed by atoms with Crippen LogP contribution < -0.4 is 5.73 Å². The predicted octanol–water partition coefficient (Wildman–Crippen LogP) is -1.04. The molecule has 187 valence electrons. The molecule has 32 heavy (non-hydrogen) atoms. The van der Waals surface area contributed by atoms with Crippen molar-refractivity contribution >= 4 is 17.9 Å². The third-order valence-electron chi connectivity index (χ3n) is 5.67. The molecule has 0 aliphatic carbocycles. The summed E-state index contributed by atoms with van der Waals surface area (Å²) in [5.74, 6) is -2.74. The van der Waals surface area contributed by atoms with Crippen LogP contribution in [0.5, 0.6) is 0 Å². The van der Waals surface area contributed by atoms with Gasteiger partial charge in [-0.1, -0.05) is 0 Å². The molecule has 1 aliphatic rings. The minimum absolute atomic E-state index is 0.0777. The third-order valence-corrected chi connectivity index (χ3v) is 7.19. The number of carboxylic acids is 3. The van der Waals surface area contributed by atoms with Gasteiger partial charge in [-0.15, -0.1) is 0 Å². The Hall–Kier alpha value is -0.465. The molecule has 5 N–H and O–H groups in total. The summed E-state index contributed by atoms with van der Waals surface area (Å²) < 4.78 is 0.772. The van der Waals surface area contributed by atoms with Gasteiger partial charge < -0.3 is 0 Å². The average molecular weight is 603 g/mol. The minimum atomic E-state index is -0.952. The van der Waals surface area contributed by atoms with Crippen LogP contribution in [0.3, 0.4) is 0 Å². The molecule has 0 amide bonds. The van der Waals surface area contributed by atoms with Crippen molar-refractivity contribution < 1.29 is 68.7 Å². The number of rotatable bonds is 12. The molecule has 11 nitrogen and oxygen atoms in total. The van der Waals surface area contributed by atoms with E-state index in [0.29, 0.717) is 45.8 Å². The van der Waals surface area contributed by atoms with Gasteiger partial charge in [0.1, 0.15) is 0 Å². The van der Waals surface area contributed by atoms with E-state index in [1.807, 2.05) is 48.1 Å². The fourth-order valence-electron chi connectivity index (χ4n) is 3.81. The zero-order valence-electron chi connectivity index (χ0n) is 18.8. The normalized spacial score (nSPS) is 19.7. The Morgan fingerprint density at radius 1 is 0.688 bits per heavy atom. The Labute approximate surface area is 216 Å². The van der Waals surface area contributed by atoms with Gasteiger partial charge in [-0.2, -0.15) is 0 Å². The van der Waals surface area contributed by atoms with E-state index >= 15 is 0 Å². The van der Waals surface area contributed by atoms with Crippen molar-refractivity contribution in [3.05, 3.63) is 0 Å². The Kier molecular flexibility index (Phi) is 15.0. The van der Waals surface area contributed by atoms with Crippen LogP contribution in [0.1, 0.15) is 25.7 Å². The van der Waals surface area contributed by atoms with E-state index in [4.69, 9.17) is 5.73 Å². The van der Waals surface area contributed by atoms with Crippen molar-refractivity contribution in [1.29, 1.82) is 0 Å². The topological polar surface area (TPSA) is 148 Å². The first-order valence-electron chi connectivity index (χ1n) is 11.2. The first-order chi connectivity index (χ1) is 15.1. The van der Waals surface area contributed by atoms with Crippen LogP contribution >= 0.6 is 0 Å². The van der Waals surface area contributed by atoms with Gasteiger partial charge in [0.05, 0.1) is 0 Å². The standard InChI is InChI=1S/C20H39N5O6.Gd/c21-5-3-1-2-4-6-22-7-9-23(15-18(26)27)11-13-25(17-20(30)31)14-12-24(10-8-22)16-19(28)29;/h1-17,21H2,(H,26,27)(H,28,29)(H,30,31);/q;+1. The summed E-state index contributed by atoms with van der Waals surface area (Å²) in [6.45, 7) is 5.82. The van der Waals surface area contributed by atoms with Crippen molar-refractivity contribution in [2.75, 3.05) is 85.1 Å². The molecule has 1 aliphatic heterocycles. The Morgan fingerprint density at radius 2 is 1.06 bits per heavy atom. The fourth-order valence-corrected chi connectivity index (χ4v) is 4.62. The molecule has 0 saturated carbocycles. The van der Waals surface area contributed by atoms with E-state index in [1.165, 1.54) is 0 Å². The van der Waals surface area contributed by atoms with E-state index in [2.05, 4.69) is 0 Å². The number of quaternary nitrogens is 1. The van der Waals surface area contributed by atoms with Gasteiger partial charge in [-0.3, -0.25) is 0 Å². The molecule has 0 unspecified atom stereocenters. The van der Waals surface area contributed by atoms with Crippen LogP contribution in [-0.4, -0.2) is 134 Å². The second-order valence-corrected chi connectivity index (χ2v) is 10.5. The van der Waals surface area contributed by atoms with Crippen LogP contribution in [-0.2, 0) is 14.4 Å². The van der Waals surface area contributed by atoms with E-state index in [-0.39, 0.29) is 19.6 Å². The van der Waals surface area contributed by atoms with E-state index in [1.54, 1.807) is 4.90 Å². The Balaban J connectivity index is 2.92. The molecular weight excluding hydrogens is 563 g/mol. The summed E-state index contributed by atoms with van der Waals surface area (Å²) in [6.07, 6.45) is 4.25. The molecule has 0 aromatic rings. The summed E-state index contributed by atoms with van der Waals surface area (Å²) in [7, 11) is 0. The van der Waals surface area contributed by atoms with Crippen molar-refractivity contribution in [2.24, 2.45) is 5.73 Å². The van der Waals surface area contributed by atoms with Crippen LogP contribution in [0.15, 0.2) is 0 Å². The molecule has 0 bridgehead atoms. The molecule has 0 aromatic heterocycles. The molecule has 0 atom stereocenters. The second-order valence-electron chi connectivity index (χ2n) is 8.39. The number of nitrogens with zero attached hydrogens (tertiary/aromatic N) is 4. The number of carboxylic acid groups (broad SMARTS) is 3. The van der Waals surface area contributed by atoms with Gasteiger partial charge in [-0.25, -0.2) is 0 Å². The van der Waals surface area contributed by atoms with Gasteiger partial charge in [0.25, 0.3) is 0 Å². The van der Waals surface area contributed by atoms with Gasteiger partial charge in [0.15, 0.2) is 0 Å². The van der Waals surface area contributed by atoms with Gasteiger partial charge >= 0.3 is 218 Å². The second kappa shape index (κ2) is 16.2. The van der Waals surface area contributed by atoms with Gasteiger partial charge in [-0.05, 0) is 0 Å². The van der Waals surface area contributed by atoms with Crippen LogP contribution in [0.2, 0.25) is 0 Å². The Morgan fingerprint density at radius 3 is 1.44 bits per heavy atom. The van der Waals surface area contributed by atoms with Crippen molar-refractivity contribution in [3.63, 3.8) is 0 Å². The van der Waals surface area contributed by atoms with Crippen molar-refractivity contribution in [2.45, 2.75) is 25.7 Å². The van der Waals surface area contributed by atoms with Gasteiger partial charge in [0, 0.05) is 0 Å². The molecule has 12 heteroatoms. The van der Waals surface area contributed by atoms with Crippen molar-refractivity contribution in [3.8, 4) is 0 Å². The summed E-state index contributed by atoms with van der Waals surface area (Å²) >= 11 is 1.90. The summed E-state index contributed by atoms with van der Waals surface area (Å²) in [6, 6.07) is 0. The predicted molar refractivity (Wildman–Crippen MR) is 115 cm³/mol. The van der Waals surface area contributed by atoms with Gasteiger partial charge in [0.2, 0.25) is 0 Å². The summed E-state index contributed by atoms with van der Waals surface area (Å²) in [5, 5.41) is 27.8. The average Bonchev–Trinajstić information content (AvgIpc) is 2.69. The number of aliphatic carboxylic acids is 3. The fraction of sp³-hybridized carbons (Fsp3) is 0.850. The van der Waals surface area contributed by atoms with E-state index in [9.17, 15) is 29.7 Å². The maximum atomic E-state index is 11.4. The number of nitrogens with two attached hydrogens (primary N) is 1. The monoisotopic (exact) mass is 603 g/mol. The first kappa shape index (κ1) is 29.6. The Bertz CT molecular complexity index is 565. The zero-order valence-corrected chi connectivity index (χ0v) is 21.1. The zero-order chi connectivity index (χ0) is 24.0. The number of carbonyl (C=O) groups is 3. The summed E-state index contributed by atoms with van der Waals surface area (Å²) in [5.41, 5.74) is 5.58. The maximum absolute atomic E-state index is 11.4. The number of unbranched alkanes of at least 4 members (excludes halogenated alkanes) is 3. The number of hydrogen-bond donors (Lipinski definition) is 4. The number of hydrogen-bond acceptors (Lipinski definition) is 7. The molecule has 0 aromatic carbocycles. The molecule has 1 rings (SSSR count).